The van der Waals surface area contributed by atoms with E-state index in [9.17, 15) is 14.5 Å². The van der Waals surface area contributed by atoms with E-state index < -0.39 is 10.7 Å². The molecule has 0 aliphatic heterocycles. The zero-order valence-corrected chi connectivity index (χ0v) is 10.2. The molecule has 98 valence electrons. The molecule has 1 aromatic carbocycles. The van der Waals surface area contributed by atoms with E-state index in [4.69, 9.17) is 5.73 Å². The Morgan fingerprint density at radius 2 is 2.22 bits per heavy atom. The van der Waals surface area contributed by atoms with Crippen molar-refractivity contribution in [3.63, 3.8) is 0 Å². The van der Waals surface area contributed by atoms with Crippen molar-refractivity contribution in [3.8, 4) is 0 Å². The van der Waals surface area contributed by atoms with Crippen LogP contribution in [0, 0.1) is 22.9 Å². The van der Waals surface area contributed by atoms with Crippen LogP contribution in [0.3, 0.4) is 0 Å². The number of nitrogens with two attached hydrogens (primary N) is 1. The van der Waals surface area contributed by atoms with Crippen LogP contribution in [-0.4, -0.2) is 17.0 Å². The first kappa shape index (κ1) is 12.8. The van der Waals surface area contributed by atoms with Gasteiger partial charge in [0.25, 0.3) is 5.69 Å². The third-order valence-electron chi connectivity index (χ3n) is 3.46. The number of aryl methyl sites for hydroxylation is 1. The standard InChI is InChI=1S/C12H16FN3O2/c1-8-5-10(9(13)6-11(8)16(17)18)15-7-12(14)3-2-4-12/h5-6,15H,2-4,7,14H2,1H3. The monoisotopic (exact) mass is 253 g/mol. The van der Waals surface area contributed by atoms with Gasteiger partial charge in [0.2, 0.25) is 0 Å². The number of nitro benzene ring substituents is 1. The maximum atomic E-state index is 13.7. The van der Waals surface area contributed by atoms with Crippen molar-refractivity contribution in [1.82, 2.24) is 0 Å². The highest BCUT2D eigenvalue weighted by molar-refractivity contribution is 5.55. The van der Waals surface area contributed by atoms with Gasteiger partial charge in [-0.25, -0.2) is 4.39 Å². The Bertz CT molecular complexity index is 486. The van der Waals surface area contributed by atoms with E-state index in [1.807, 2.05) is 0 Å². The van der Waals surface area contributed by atoms with Crippen LogP contribution in [0.1, 0.15) is 24.8 Å². The summed E-state index contributed by atoms with van der Waals surface area (Å²) in [5.74, 6) is -0.616. The molecule has 3 N–H and O–H groups in total. The summed E-state index contributed by atoms with van der Waals surface area (Å²) in [5.41, 5.74) is 6.26. The third kappa shape index (κ3) is 2.43. The number of anilines is 1. The maximum Gasteiger partial charge on any atom is 0.275 e. The molecular formula is C12H16FN3O2. The molecule has 18 heavy (non-hydrogen) atoms. The Labute approximate surface area is 104 Å². The van der Waals surface area contributed by atoms with Crippen LogP contribution in [0.5, 0.6) is 0 Å². The molecule has 0 amide bonds. The summed E-state index contributed by atoms with van der Waals surface area (Å²) in [5, 5.41) is 13.6. The highest BCUT2D eigenvalue weighted by Crippen LogP contribution is 2.30. The van der Waals surface area contributed by atoms with Crippen molar-refractivity contribution >= 4 is 11.4 Å². The van der Waals surface area contributed by atoms with Gasteiger partial charge < -0.3 is 11.1 Å². The summed E-state index contributed by atoms with van der Waals surface area (Å²) in [6, 6.07) is 2.40. The molecule has 1 fully saturated rings. The second-order valence-electron chi connectivity index (χ2n) is 4.95. The zero-order valence-electron chi connectivity index (χ0n) is 10.2. The molecule has 0 unspecified atom stereocenters. The van der Waals surface area contributed by atoms with Crippen LogP contribution in [0.4, 0.5) is 15.8 Å². The average Bonchev–Trinajstić information content (AvgIpc) is 2.27. The minimum absolute atomic E-state index is 0.204. The van der Waals surface area contributed by atoms with Crippen LogP contribution < -0.4 is 11.1 Å². The van der Waals surface area contributed by atoms with Crippen molar-refractivity contribution in [1.29, 1.82) is 0 Å². The number of hydrogen-bond donors (Lipinski definition) is 2. The van der Waals surface area contributed by atoms with Gasteiger partial charge >= 0.3 is 0 Å². The lowest BCUT2D eigenvalue weighted by Gasteiger charge is -2.38. The van der Waals surface area contributed by atoms with E-state index in [2.05, 4.69) is 5.32 Å². The van der Waals surface area contributed by atoms with E-state index in [0.717, 1.165) is 25.3 Å². The molecule has 2 rings (SSSR count). The molecule has 0 spiro atoms. The van der Waals surface area contributed by atoms with Crippen LogP contribution in [0.15, 0.2) is 12.1 Å². The Kier molecular flexibility index (Phi) is 3.21. The molecule has 0 radical (unpaired) electrons. The summed E-state index contributed by atoms with van der Waals surface area (Å²) < 4.78 is 13.7. The van der Waals surface area contributed by atoms with Gasteiger partial charge in [0, 0.05) is 17.6 Å². The largest absolute Gasteiger partial charge is 0.381 e. The van der Waals surface area contributed by atoms with Gasteiger partial charge in [-0.15, -0.1) is 0 Å². The normalized spacial score (nSPS) is 17.1. The number of benzene rings is 1. The van der Waals surface area contributed by atoms with Crippen LogP contribution >= 0.6 is 0 Å². The van der Waals surface area contributed by atoms with Gasteiger partial charge in [0.15, 0.2) is 5.82 Å². The quantitative estimate of drug-likeness (QED) is 0.637. The van der Waals surface area contributed by atoms with Crippen LogP contribution in [0.2, 0.25) is 0 Å². The third-order valence-corrected chi connectivity index (χ3v) is 3.46. The maximum absolute atomic E-state index is 13.7. The fraction of sp³-hybridized carbons (Fsp3) is 0.500. The van der Waals surface area contributed by atoms with Gasteiger partial charge in [0.1, 0.15) is 0 Å². The number of nitro groups is 1. The molecule has 0 saturated heterocycles. The molecule has 0 atom stereocenters. The van der Waals surface area contributed by atoms with Gasteiger partial charge in [-0.2, -0.15) is 0 Å². The number of rotatable bonds is 4. The minimum Gasteiger partial charge on any atom is -0.381 e. The molecule has 5 nitrogen and oxygen atoms in total. The van der Waals surface area contributed by atoms with Gasteiger partial charge in [-0.05, 0) is 32.3 Å². The van der Waals surface area contributed by atoms with E-state index >= 15 is 0 Å². The Balaban J connectivity index is 2.13. The summed E-state index contributed by atoms with van der Waals surface area (Å²) in [6.07, 6.45) is 2.95. The minimum atomic E-state index is -0.616. The van der Waals surface area contributed by atoms with Gasteiger partial charge in [-0.3, -0.25) is 10.1 Å². The first-order chi connectivity index (χ1) is 8.41. The van der Waals surface area contributed by atoms with E-state index in [0.29, 0.717) is 12.1 Å². The fourth-order valence-electron chi connectivity index (χ4n) is 2.08. The predicted octanol–water partition coefficient (Wildman–Crippen LogP) is 2.34. The molecule has 0 aromatic heterocycles. The van der Waals surface area contributed by atoms with E-state index in [1.165, 1.54) is 6.07 Å². The highest BCUT2D eigenvalue weighted by atomic mass is 19.1. The molecule has 0 heterocycles. The lowest BCUT2D eigenvalue weighted by molar-refractivity contribution is -0.385. The Morgan fingerprint density at radius 1 is 1.56 bits per heavy atom. The summed E-state index contributed by atoms with van der Waals surface area (Å²) in [4.78, 5) is 10.1. The van der Waals surface area contributed by atoms with Crippen molar-refractivity contribution in [2.24, 2.45) is 5.73 Å². The topological polar surface area (TPSA) is 81.2 Å². The summed E-state index contributed by atoms with van der Waals surface area (Å²) in [7, 11) is 0. The molecule has 1 aliphatic rings. The van der Waals surface area contributed by atoms with Gasteiger partial charge in [0.05, 0.1) is 16.7 Å². The first-order valence-electron chi connectivity index (χ1n) is 5.89. The molecule has 1 aromatic rings. The molecule has 6 heteroatoms. The lowest BCUT2D eigenvalue weighted by Crippen LogP contribution is -2.52. The molecule has 1 saturated carbocycles. The number of nitrogens with one attached hydrogen (secondary N) is 1. The highest BCUT2D eigenvalue weighted by Gasteiger charge is 2.32. The predicted molar refractivity (Wildman–Crippen MR) is 67.1 cm³/mol. The molecule has 1 aliphatic carbocycles. The van der Waals surface area contributed by atoms with Crippen molar-refractivity contribution in [3.05, 3.63) is 33.6 Å². The lowest BCUT2D eigenvalue weighted by atomic mass is 9.78. The van der Waals surface area contributed by atoms with Crippen LogP contribution in [0.25, 0.3) is 0 Å². The Hall–Kier alpha value is -1.69. The number of halogens is 1. The Morgan fingerprint density at radius 3 is 2.72 bits per heavy atom. The molecule has 0 bridgehead atoms. The number of nitrogens with zero attached hydrogens (tertiary/aromatic N) is 1. The van der Waals surface area contributed by atoms with Gasteiger partial charge in [-0.1, -0.05) is 0 Å². The van der Waals surface area contributed by atoms with Crippen molar-refractivity contribution in [2.45, 2.75) is 31.7 Å². The first-order valence-corrected chi connectivity index (χ1v) is 5.89. The smallest absolute Gasteiger partial charge is 0.275 e. The molecular weight excluding hydrogens is 237 g/mol. The second-order valence-corrected chi connectivity index (χ2v) is 4.95. The summed E-state index contributed by atoms with van der Waals surface area (Å²) in [6.45, 7) is 2.07. The van der Waals surface area contributed by atoms with Crippen molar-refractivity contribution in [2.75, 3.05) is 11.9 Å². The zero-order chi connectivity index (χ0) is 13.3. The fourth-order valence-corrected chi connectivity index (χ4v) is 2.08. The van der Waals surface area contributed by atoms with E-state index in [-0.39, 0.29) is 16.9 Å². The van der Waals surface area contributed by atoms with E-state index in [1.54, 1.807) is 6.92 Å². The van der Waals surface area contributed by atoms with Crippen molar-refractivity contribution < 1.29 is 9.31 Å². The summed E-state index contributed by atoms with van der Waals surface area (Å²) >= 11 is 0. The SMILES string of the molecule is Cc1cc(NCC2(N)CCC2)c(F)cc1[N+](=O)[O-]. The average molecular weight is 253 g/mol. The second kappa shape index (κ2) is 4.53. The number of hydrogen-bond acceptors (Lipinski definition) is 4. The van der Waals surface area contributed by atoms with Crippen LogP contribution in [-0.2, 0) is 0 Å².